The van der Waals surface area contributed by atoms with Gasteiger partial charge in [0, 0.05) is 0 Å². The minimum absolute atomic E-state index is 0.315. The topological polar surface area (TPSA) is 69.7 Å². The molecule has 0 aliphatic heterocycles. The quantitative estimate of drug-likeness (QED) is 0.434. The largest absolute Gasteiger partial charge is 0.524 e. The minimum atomic E-state index is -1.19. The Kier molecular flexibility index (Phi) is 11.4. The number of hydrogen-bond donors (Lipinski definition) is 0. The lowest BCUT2D eigenvalue weighted by atomic mass is 10.00. The van der Waals surface area contributed by atoms with Gasteiger partial charge in [0.1, 0.15) is 0 Å². The number of carbonyl (C=O) groups excluding carboxylic acids is 3. The van der Waals surface area contributed by atoms with Crippen molar-refractivity contribution in [3.8, 4) is 0 Å². The van der Waals surface area contributed by atoms with E-state index < -0.39 is 18.1 Å². The van der Waals surface area contributed by atoms with E-state index in [1.54, 1.807) is 0 Å². The summed E-state index contributed by atoms with van der Waals surface area (Å²) in [5.74, 6) is -1.83. The van der Waals surface area contributed by atoms with Crippen LogP contribution in [0.2, 0.25) is 0 Å². The molecule has 0 saturated carbocycles. The molecule has 5 nitrogen and oxygen atoms in total. The molecule has 0 radical (unpaired) electrons. The van der Waals surface area contributed by atoms with Crippen molar-refractivity contribution in [3.05, 3.63) is 0 Å². The van der Waals surface area contributed by atoms with E-state index in [9.17, 15) is 14.4 Å². The summed E-state index contributed by atoms with van der Waals surface area (Å²) < 4.78 is 9.30. The first kappa shape index (κ1) is 20.6. The van der Waals surface area contributed by atoms with Crippen LogP contribution in [0.4, 0.5) is 4.79 Å². The lowest BCUT2D eigenvalue weighted by Crippen LogP contribution is -2.26. The molecular formula is C17H30O5. The van der Waals surface area contributed by atoms with Gasteiger partial charge in [-0.3, -0.25) is 9.59 Å². The van der Waals surface area contributed by atoms with Gasteiger partial charge in [0.25, 0.3) is 0 Å². The van der Waals surface area contributed by atoms with E-state index in [0.717, 1.165) is 25.7 Å². The number of esters is 2. The fraction of sp³-hybridized carbons (Fsp3) is 0.824. The van der Waals surface area contributed by atoms with Crippen LogP contribution in [-0.4, -0.2) is 18.1 Å². The standard InChI is InChI=1S/C17H30O5/c1-5-9-11-13(7-3)15(18)21-17(20)22-16(19)14(8-4)12-10-6-2/h13-14H,5-12H2,1-4H3. The van der Waals surface area contributed by atoms with Crippen LogP contribution in [0.25, 0.3) is 0 Å². The van der Waals surface area contributed by atoms with E-state index in [4.69, 9.17) is 0 Å². The maximum atomic E-state index is 11.8. The Morgan fingerprint density at radius 1 is 0.727 bits per heavy atom. The van der Waals surface area contributed by atoms with Gasteiger partial charge in [0.2, 0.25) is 0 Å². The molecule has 2 unspecified atom stereocenters. The van der Waals surface area contributed by atoms with Crippen LogP contribution in [0.3, 0.4) is 0 Å². The summed E-state index contributed by atoms with van der Waals surface area (Å²) in [7, 11) is 0. The van der Waals surface area contributed by atoms with Crippen LogP contribution in [0, 0.1) is 11.8 Å². The van der Waals surface area contributed by atoms with Gasteiger partial charge in [0.15, 0.2) is 0 Å². The fourth-order valence-corrected chi connectivity index (χ4v) is 2.23. The molecule has 0 aromatic carbocycles. The first-order valence-corrected chi connectivity index (χ1v) is 8.47. The molecule has 128 valence electrons. The number of hydrogen-bond acceptors (Lipinski definition) is 5. The van der Waals surface area contributed by atoms with Gasteiger partial charge in [-0.2, -0.15) is 0 Å². The predicted octanol–water partition coefficient (Wildman–Crippen LogP) is 4.63. The van der Waals surface area contributed by atoms with E-state index >= 15 is 0 Å². The third-order valence-electron chi connectivity index (χ3n) is 3.83. The highest BCUT2D eigenvalue weighted by Crippen LogP contribution is 2.17. The van der Waals surface area contributed by atoms with Gasteiger partial charge >= 0.3 is 18.1 Å². The van der Waals surface area contributed by atoms with Crippen LogP contribution < -0.4 is 0 Å². The predicted molar refractivity (Wildman–Crippen MR) is 84.2 cm³/mol. The van der Waals surface area contributed by atoms with Crippen molar-refractivity contribution >= 4 is 18.1 Å². The Morgan fingerprint density at radius 2 is 1.09 bits per heavy atom. The molecule has 0 heterocycles. The molecule has 5 heteroatoms. The molecule has 0 spiro atoms. The van der Waals surface area contributed by atoms with E-state index in [-0.39, 0.29) is 11.8 Å². The third-order valence-corrected chi connectivity index (χ3v) is 3.83. The smallest absolute Gasteiger partial charge is 0.360 e. The van der Waals surface area contributed by atoms with Crippen molar-refractivity contribution < 1.29 is 23.9 Å². The SMILES string of the molecule is CCCCC(CC)C(=O)OC(=O)OC(=O)C(CC)CCCC. The van der Waals surface area contributed by atoms with Gasteiger partial charge in [-0.25, -0.2) is 4.79 Å². The van der Waals surface area contributed by atoms with Gasteiger partial charge in [0.05, 0.1) is 11.8 Å². The zero-order chi connectivity index (χ0) is 17.0. The van der Waals surface area contributed by atoms with Crippen molar-refractivity contribution in [2.75, 3.05) is 0 Å². The number of carbonyl (C=O) groups is 3. The average molecular weight is 314 g/mol. The highest BCUT2D eigenvalue weighted by Gasteiger charge is 2.25. The Bertz CT molecular complexity index is 319. The first-order valence-electron chi connectivity index (χ1n) is 8.47. The Labute approximate surface area is 133 Å². The molecule has 22 heavy (non-hydrogen) atoms. The molecule has 0 aromatic heterocycles. The molecule has 0 bridgehead atoms. The van der Waals surface area contributed by atoms with Crippen molar-refractivity contribution in [3.63, 3.8) is 0 Å². The monoisotopic (exact) mass is 314 g/mol. The molecule has 0 rings (SSSR count). The Balaban J connectivity index is 4.35. The molecule has 0 amide bonds. The Hall–Kier alpha value is -1.39. The highest BCUT2D eigenvalue weighted by molar-refractivity contribution is 5.89. The molecule has 0 aliphatic rings. The van der Waals surface area contributed by atoms with E-state index in [0.29, 0.717) is 25.7 Å². The second-order valence-electron chi connectivity index (χ2n) is 5.59. The van der Waals surface area contributed by atoms with Crippen LogP contribution >= 0.6 is 0 Å². The van der Waals surface area contributed by atoms with E-state index in [2.05, 4.69) is 9.47 Å². The van der Waals surface area contributed by atoms with E-state index in [1.807, 2.05) is 27.7 Å². The van der Waals surface area contributed by atoms with Gasteiger partial charge in [-0.1, -0.05) is 53.4 Å². The van der Waals surface area contributed by atoms with Crippen LogP contribution in [0.5, 0.6) is 0 Å². The fourth-order valence-electron chi connectivity index (χ4n) is 2.23. The van der Waals surface area contributed by atoms with E-state index in [1.165, 1.54) is 0 Å². The lowest BCUT2D eigenvalue weighted by Gasteiger charge is -2.14. The van der Waals surface area contributed by atoms with Crippen LogP contribution in [0.1, 0.15) is 79.1 Å². The molecule has 0 saturated heterocycles. The van der Waals surface area contributed by atoms with Crippen molar-refractivity contribution in [2.24, 2.45) is 11.8 Å². The number of unbranched alkanes of at least 4 members (excludes halogenated alkanes) is 2. The summed E-state index contributed by atoms with van der Waals surface area (Å²) in [6.07, 6.45) is 5.13. The zero-order valence-corrected chi connectivity index (χ0v) is 14.4. The summed E-state index contributed by atoms with van der Waals surface area (Å²) in [5, 5.41) is 0. The van der Waals surface area contributed by atoms with Crippen molar-refractivity contribution in [1.29, 1.82) is 0 Å². The molecule has 0 aromatic rings. The Morgan fingerprint density at radius 3 is 1.36 bits per heavy atom. The van der Waals surface area contributed by atoms with Gasteiger partial charge in [-0.15, -0.1) is 0 Å². The minimum Gasteiger partial charge on any atom is -0.360 e. The first-order chi connectivity index (χ1) is 10.5. The molecular weight excluding hydrogens is 284 g/mol. The second kappa shape index (κ2) is 12.2. The normalized spacial score (nSPS) is 13.3. The lowest BCUT2D eigenvalue weighted by molar-refractivity contribution is -0.151. The third kappa shape index (κ3) is 8.15. The summed E-state index contributed by atoms with van der Waals surface area (Å²) in [4.78, 5) is 35.3. The van der Waals surface area contributed by atoms with Crippen LogP contribution in [-0.2, 0) is 19.1 Å². The van der Waals surface area contributed by atoms with Crippen molar-refractivity contribution in [1.82, 2.24) is 0 Å². The molecule has 0 fully saturated rings. The number of rotatable bonds is 10. The maximum absolute atomic E-state index is 11.8. The second-order valence-corrected chi connectivity index (χ2v) is 5.59. The summed E-state index contributed by atoms with van der Waals surface area (Å²) >= 11 is 0. The average Bonchev–Trinajstić information content (AvgIpc) is 2.48. The van der Waals surface area contributed by atoms with Gasteiger partial charge in [-0.05, 0) is 25.7 Å². The maximum Gasteiger partial charge on any atom is 0.524 e. The number of ether oxygens (including phenoxy) is 2. The summed E-state index contributed by atoms with van der Waals surface area (Å²) in [6, 6.07) is 0. The highest BCUT2D eigenvalue weighted by atomic mass is 16.8. The van der Waals surface area contributed by atoms with Crippen molar-refractivity contribution in [2.45, 2.75) is 79.1 Å². The molecule has 2 atom stereocenters. The molecule has 0 N–H and O–H groups in total. The summed E-state index contributed by atoms with van der Waals surface area (Å²) in [5.41, 5.74) is 0. The van der Waals surface area contributed by atoms with Gasteiger partial charge < -0.3 is 9.47 Å². The summed E-state index contributed by atoms with van der Waals surface area (Å²) in [6.45, 7) is 7.81. The van der Waals surface area contributed by atoms with Crippen LogP contribution in [0.15, 0.2) is 0 Å². The molecule has 0 aliphatic carbocycles. The zero-order valence-electron chi connectivity index (χ0n) is 14.4.